The van der Waals surface area contributed by atoms with Crippen LogP contribution >= 0.6 is 15.9 Å². The fourth-order valence-electron chi connectivity index (χ4n) is 3.41. The number of nitrogens with zero attached hydrogens (tertiary/aromatic N) is 1. The fraction of sp³-hybridized carbons (Fsp3) is 0.478. The first-order valence-corrected chi connectivity index (χ1v) is 11.9. The van der Waals surface area contributed by atoms with E-state index in [2.05, 4.69) is 98.8 Å². The standard InChI is InChI=1S/C23H30BrNOS/c1-22(2,3)16-8-10-18-20(14-16)27(26)21-15-17(23(4,5)6)9-11-19(21)25(18)13-7-12-24/h8-11,14-15H,7,12-13H2,1-6H3. The number of fused-ring (bicyclic) bond motifs is 2. The molecule has 1 aliphatic rings. The Kier molecular flexibility index (Phi) is 5.62. The highest BCUT2D eigenvalue weighted by molar-refractivity contribution is 9.09. The van der Waals surface area contributed by atoms with Crippen LogP contribution in [0.3, 0.4) is 0 Å². The van der Waals surface area contributed by atoms with Crippen LogP contribution in [0.2, 0.25) is 0 Å². The van der Waals surface area contributed by atoms with E-state index in [9.17, 15) is 4.21 Å². The zero-order chi connectivity index (χ0) is 20.0. The summed E-state index contributed by atoms with van der Waals surface area (Å²) in [6.45, 7) is 14.1. The minimum atomic E-state index is -1.16. The topological polar surface area (TPSA) is 20.3 Å². The van der Waals surface area contributed by atoms with Crippen molar-refractivity contribution in [1.29, 1.82) is 0 Å². The normalized spacial score (nSPS) is 14.9. The number of rotatable bonds is 3. The Labute approximate surface area is 174 Å². The smallest absolute Gasteiger partial charge is 0.0892 e. The predicted octanol–water partition coefficient (Wildman–Crippen LogP) is 6.68. The van der Waals surface area contributed by atoms with E-state index in [-0.39, 0.29) is 10.8 Å². The van der Waals surface area contributed by atoms with E-state index >= 15 is 0 Å². The lowest BCUT2D eigenvalue weighted by Crippen LogP contribution is -2.26. The Balaban J connectivity index is 2.19. The fourth-order valence-corrected chi connectivity index (χ4v) is 5.10. The third-order valence-electron chi connectivity index (χ3n) is 5.15. The summed E-state index contributed by atoms with van der Waals surface area (Å²) in [6.07, 6.45) is 1.04. The maximum absolute atomic E-state index is 13.6. The quantitative estimate of drug-likeness (QED) is 0.488. The molecular weight excluding hydrogens is 418 g/mol. The number of halogens is 1. The predicted molar refractivity (Wildman–Crippen MR) is 120 cm³/mol. The SMILES string of the molecule is CC(C)(C)c1ccc2c(c1)S(=O)c1cc(C(C)(C)C)ccc1N2CCCBr. The molecule has 0 unspecified atom stereocenters. The van der Waals surface area contributed by atoms with E-state index in [0.717, 1.165) is 39.5 Å². The van der Waals surface area contributed by atoms with Gasteiger partial charge in [-0.05, 0) is 52.6 Å². The van der Waals surface area contributed by atoms with Crippen LogP contribution in [0.1, 0.15) is 59.1 Å². The van der Waals surface area contributed by atoms with Crippen LogP contribution in [-0.2, 0) is 21.6 Å². The average Bonchev–Trinajstić information content (AvgIpc) is 2.59. The molecular formula is C23H30BrNOS. The summed E-state index contributed by atoms with van der Waals surface area (Å²) in [5, 5.41) is 0.956. The van der Waals surface area contributed by atoms with E-state index in [1.807, 2.05) is 0 Å². The molecule has 0 spiro atoms. The second-order valence-corrected chi connectivity index (χ2v) is 11.5. The summed E-state index contributed by atoms with van der Waals surface area (Å²) in [5.74, 6) is 0. The molecule has 0 atom stereocenters. The molecule has 1 aliphatic heterocycles. The zero-order valence-electron chi connectivity index (χ0n) is 17.2. The van der Waals surface area contributed by atoms with Crippen molar-refractivity contribution in [3.05, 3.63) is 47.5 Å². The lowest BCUT2D eigenvalue weighted by molar-refractivity contribution is 0.587. The van der Waals surface area contributed by atoms with Gasteiger partial charge in [0.1, 0.15) is 0 Å². The molecule has 0 aromatic heterocycles. The van der Waals surface area contributed by atoms with Crippen LogP contribution in [0, 0.1) is 0 Å². The second kappa shape index (κ2) is 7.36. The van der Waals surface area contributed by atoms with Gasteiger partial charge >= 0.3 is 0 Å². The van der Waals surface area contributed by atoms with E-state index in [1.54, 1.807) is 0 Å². The van der Waals surface area contributed by atoms with Crippen LogP contribution in [0.15, 0.2) is 46.2 Å². The maximum Gasteiger partial charge on any atom is 0.0892 e. The van der Waals surface area contributed by atoms with Crippen LogP contribution in [0.4, 0.5) is 11.4 Å². The van der Waals surface area contributed by atoms with Crippen molar-refractivity contribution in [3.63, 3.8) is 0 Å². The van der Waals surface area contributed by atoms with Gasteiger partial charge in [0.25, 0.3) is 0 Å². The maximum atomic E-state index is 13.6. The van der Waals surface area contributed by atoms with E-state index in [1.165, 1.54) is 11.1 Å². The second-order valence-electron chi connectivity index (χ2n) is 9.33. The van der Waals surface area contributed by atoms with E-state index in [4.69, 9.17) is 0 Å². The molecule has 4 heteroatoms. The van der Waals surface area contributed by atoms with Crippen LogP contribution < -0.4 is 4.90 Å². The van der Waals surface area contributed by atoms with Crippen molar-refractivity contribution in [1.82, 2.24) is 0 Å². The van der Waals surface area contributed by atoms with Crippen molar-refractivity contribution in [3.8, 4) is 0 Å². The molecule has 0 bridgehead atoms. The summed E-state index contributed by atoms with van der Waals surface area (Å²) in [6, 6.07) is 13.0. The summed E-state index contributed by atoms with van der Waals surface area (Å²) < 4.78 is 13.6. The Morgan fingerprint density at radius 3 is 1.67 bits per heavy atom. The Morgan fingerprint density at radius 1 is 0.852 bits per heavy atom. The third-order valence-corrected chi connectivity index (χ3v) is 7.16. The highest BCUT2D eigenvalue weighted by atomic mass is 79.9. The molecule has 146 valence electrons. The number of hydrogen-bond donors (Lipinski definition) is 0. The van der Waals surface area contributed by atoms with Gasteiger partial charge in [0, 0.05) is 11.9 Å². The molecule has 0 fully saturated rings. The van der Waals surface area contributed by atoms with Crippen LogP contribution in [-0.4, -0.2) is 16.1 Å². The summed E-state index contributed by atoms with van der Waals surface area (Å²) >= 11 is 3.56. The van der Waals surface area contributed by atoms with Crippen molar-refractivity contribution in [2.75, 3.05) is 16.8 Å². The molecule has 0 amide bonds. The molecule has 2 aromatic rings. The van der Waals surface area contributed by atoms with Crippen molar-refractivity contribution in [2.45, 2.75) is 68.6 Å². The molecule has 0 aliphatic carbocycles. The van der Waals surface area contributed by atoms with Gasteiger partial charge < -0.3 is 4.90 Å². The summed E-state index contributed by atoms with van der Waals surface area (Å²) in [7, 11) is -1.16. The number of anilines is 2. The van der Waals surface area contributed by atoms with Gasteiger partial charge in [0.05, 0.1) is 32.0 Å². The molecule has 0 saturated heterocycles. The lowest BCUT2D eigenvalue weighted by atomic mass is 9.86. The molecule has 0 radical (unpaired) electrons. The molecule has 0 saturated carbocycles. The van der Waals surface area contributed by atoms with Crippen LogP contribution in [0.25, 0.3) is 0 Å². The van der Waals surface area contributed by atoms with Gasteiger partial charge in [-0.25, -0.2) is 4.21 Å². The average molecular weight is 448 g/mol. The number of alkyl halides is 1. The van der Waals surface area contributed by atoms with E-state index < -0.39 is 10.8 Å². The summed E-state index contributed by atoms with van der Waals surface area (Å²) in [5.41, 5.74) is 4.69. The highest BCUT2D eigenvalue weighted by Gasteiger charge is 2.30. The van der Waals surface area contributed by atoms with Gasteiger partial charge in [0.2, 0.25) is 0 Å². The molecule has 0 N–H and O–H groups in total. The minimum Gasteiger partial charge on any atom is -0.339 e. The van der Waals surface area contributed by atoms with Gasteiger partial charge in [-0.3, -0.25) is 0 Å². The molecule has 3 rings (SSSR count). The number of hydrogen-bond acceptors (Lipinski definition) is 2. The minimum absolute atomic E-state index is 0.0352. The Bertz CT molecular complexity index is 809. The van der Waals surface area contributed by atoms with Crippen molar-refractivity contribution in [2.24, 2.45) is 0 Å². The van der Waals surface area contributed by atoms with Gasteiger partial charge in [-0.15, -0.1) is 0 Å². The van der Waals surface area contributed by atoms with Crippen molar-refractivity contribution < 1.29 is 4.21 Å². The summed E-state index contributed by atoms with van der Waals surface area (Å²) in [4.78, 5) is 4.22. The largest absolute Gasteiger partial charge is 0.339 e. The highest BCUT2D eigenvalue weighted by Crippen LogP contribution is 2.44. The first-order chi connectivity index (χ1) is 12.5. The van der Waals surface area contributed by atoms with Gasteiger partial charge in [-0.1, -0.05) is 69.6 Å². The van der Waals surface area contributed by atoms with Crippen LogP contribution in [0.5, 0.6) is 0 Å². The van der Waals surface area contributed by atoms with Crippen molar-refractivity contribution >= 4 is 38.1 Å². The zero-order valence-corrected chi connectivity index (χ0v) is 19.6. The lowest BCUT2D eigenvalue weighted by Gasteiger charge is -2.35. The molecule has 2 aromatic carbocycles. The van der Waals surface area contributed by atoms with Gasteiger partial charge in [0.15, 0.2) is 0 Å². The molecule has 2 nitrogen and oxygen atoms in total. The third kappa shape index (κ3) is 4.02. The monoisotopic (exact) mass is 447 g/mol. The number of benzene rings is 2. The molecule has 1 heterocycles. The first-order valence-electron chi connectivity index (χ1n) is 9.58. The molecule has 27 heavy (non-hydrogen) atoms. The van der Waals surface area contributed by atoms with E-state index in [0.29, 0.717) is 0 Å². The first kappa shape index (κ1) is 20.6. The Morgan fingerprint density at radius 2 is 1.30 bits per heavy atom. The Hall–Kier alpha value is -1.13. The van der Waals surface area contributed by atoms with Gasteiger partial charge in [-0.2, -0.15) is 0 Å².